The van der Waals surface area contributed by atoms with E-state index in [1.54, 1.807) is 36.4 Å². The third-order valence-electron chi connectivity index (χ3n) is 7.47. The number of nitro benzene ring substituents is 1. The molecule has 0 fully saturated rings. The third kappa shape index (κ3) is 8.05. The van der Waals surface area contributed by atoms with Crippen LogP contribution in [-0.2, 0) is 32.6 Å². The van der Waals surface area contributed by atoms with Gasteiger partial charge in [-0.3, -0.25) is 24.0 Å². The van der Waals surface area contributed by atoms with Crippen molar-refractivity contribution in [3.8, 4) is 5.75 Å². The molecule has 1 N–H and O–H groups in total. The number of methoxy groups -OCH3 is 1. The summed E-state index contributed by atoms with van der Waals surface area (Å²) in [6.45, 7) is 0.173. The van der Waals surface area contributed by atoms with E-state index < -0.39 is 55.7 Å². The number of rotatable bonds is 13. The fourth-order valence-electron chi connectivity index (χ4n) is 4.98. The van der Waals surface area contributed by atoms with Gasteiger partial charge in [-0.25, -0.2) is 12.8 Å². The van der Waals surface area contributed by atoms with Crippen molar-refractivity contribution in [3.05, 3.63) is 129 Å². The molecule has 2 amide bonds. The summed E-state index contributed by atoms with van der Waals surface area (Å²) < 4.78 is 49.7. The molecule has 0 aliphatic rings. The first kappa shape index (κ1) is 34.9. The van der Waals surface area contributed by atoms with Gasteiger partial charge < -0.3 is 15.0 Å². The van der Waals surface area contributed by atoms with Crippen molar-refractivity contribution in [2.24, 2.45) is 0 Å². The lowest BCUT2D eigenvalue weighted by Crippen LogP contribution is -2.53. The maximum absolute atomic E-state index is 15.0. The van der Waals surface area contributed by atoms with Gasteiger partial charge in [0.2, 0.25) is 11.8 Å². The molecule has 246 valence electrons. The molecule has 0 spiro atoms. The summed E-state index contributed by atoms with van der Waals surface area (Å²) in [7, 11) is -2.04. The molecular weight excluding hydrogens is 651 g/mol. The van der Waals surface area contributed by atoms with Gasteiger partial charge in [0.25, 0.3) is 15.7 Å². The van der Waals surface area contributed by atoms with E-state index >= 15 is 0 Å². The topological polar surface area (TPSA) is 139 Å². The van der Waals surface area contributed by atoms with E-state index in [0.29, 0.717) is 9.87 Å². The Morgan fingerprint density at radius 1 is 1.02 bits per heavy atom. The van der Waals surface area contributed by atoms with Gasteiger partial charge in [-0.05, 0) is 42.8 Å². The first-order valence-corrected chi connectivity index (χ1v) is 16.1. The van der Waals surface area contributed by atoms with E-state index in [2.05, 4.69) is 5.32 Å². The highest BCUT2D eigenvalue weighted by Crippen LogP contribution is 2.36. The molecule has 1 atom stereocenters. The molecule has 4 aromatic carbocycles. The summed E-state index contributed by atoms with van der Waals surface area (Å²) in [5, 5.41) is 14.4. The van der Waals surface area contributed by atoms with Crippen LogP contribution in [0.1, 0.15) is 16.7 Å². The van der Waals surface area contributed by atoms with E-state index in [9.17, 15) is 32.5 Å². The van der Waals surface area contributed by atoms with Crippen molar-refractivity contribution >= 4 is 44.8 Å². The van der Waals surface area contributed by atoms with Gasteiger partial charge in [0, 0.05) is 42.2 Å². The van der Waals surface area contributed by atoms with Crippen LogP contribution in [0.25, 0.3) is 0 Å². The Labute approximate surface area is 276 Å². The molecule has 14 heteroatoms. The quantitative estimate of drug-likeness (QED) is 0.149. The van der Waals surface area contributed by atoms with Gasteiger partial charge in [-0.1, -0.05) is 66.2 Å². The number of ether oxygens (including phenoxy) is 1. The van der Waals surface area contributed by atoms with Crippen molar-refractivity contribution in [2.75, 3.05) is 25.0 Å². The van der Waals surface area contributed by atoms with Gasteiger partial charge in [0.1, 0.15) is 24.2 Å². The Morgan fingerprint density at radius 3 is 2.34 bits per heavy atom. The summed E-state index contributed by atoms with van der Waals surface area (Å²) in [6.07, 6.45) is 0.0259. The Bertz CT molecular complexity index is 1890. The van der Waals surface area contributed by atoms with Gasteiger partial charge in [0.05, 0.1) is 22.6 Å². The maximum atomic E-state index is 15.0. The number of nitrogens with zero attached hydrogens (tertiary/aromatic N) is 3. The second-order valence-electron chi connectivity index (χ2n) is 10.5. The number of halogens is 2. The molecule has 4 aromatic rings. The van der Waals surface area contributed by atoms with E-state index in [0.717, 1.165) is 11.0 Å². The average Bonchev–Trinajstić information content (AvgIpc) is 3.05. The zero-order valence-electron chi connectivity index (χ0n) is 25.7. The zero-order chi connectivity index (χ0) is 34.3. The summed E-state index contributed by atoms with van der Waals surface area (Å²) in [5.41, 5.74) is 0.426. The van der Waals surface area contributed by atoms with Crippen LogP contribution in [0, 0.1) is 22.9 Å². The largest absolute Gasteiger partial charge is 0.495 e. The Hall–Kier alpha value is -5.01. The molecule has 1 unspecified atom stereocenters. The number of anilines is 1. The minimum atomic E-state index is -4.73. The van der Waals surface area contributed by atoms with Crippen LogP contribution in [-0.4, -0.2) is 56.8 Å². The summed E-state index contributed by atoms with van der Waals surface area (Å²) >= 11 is 6.27. The monoisotopic (exact) mass is 682 g/mol. The number of aryl methyl sites for hydroxylation is 1. The molecule has 11 nitrogen and oxygen atoms in total. The van der Waals surface area contributed by atoms with Crippen LogP contribution >= 0.6 is 11.6 Å². The van der Waals surface area contributed by atoms with Gasteiger partial charge >= 0.3 is 0 Å². The number of hydrogen-bond donors (Lipinski definition) is 1. The molecule has 0 saturated heterocycles. The predicted molar refractivity (Wildman–Crippen MR) is 175 cm³/mol. The zero-order valence-corrected chi connectivity index (χ0v) is 27.3. The van der Waals surface area contributed by atoms with E-state index in [1.165, 1.54) is 69.6 Å². The third-order valence-corrected chi connectivity index (χ3v) is 9.46. The predicted octanol–water partition coefficient (Wildman–Crippen LogP) is 5.29. The minimum Gasteiger partial charge on any atom is -0.495 e. The number of nitrogens with one attached hydrogen (secondary N) is 1. The second kappa shape index (κ2) is 15.1. The highest BCUT2D eigenvalue weighted by molar-refractivity contribution is 7.92. The highest BCUT2D eigenvalue weighted by Gasteiger charge is 2.36. The Balaban J connectivity index is 1.89. The Morgan fingerprint density at radius 2 is 1.70 bits per heavy atom. The second-order valence-corrected chi connectivity index (χ2v) is 12.8. The number of benzene rings is 4. The molecule has 0 aromatic heterocycles. The number of amides is 2. The van der Waals surface area contributed by atoms with Crippen LogP contribution in [0.15, 0.2) is 95.9 Å². The van der Waals surface area contributed by atoms with Crippen molar-refractivity contribution < 1.29 is 32.1 Å². The lowest BCUT2D eigenvalue weighted by molar-refractivity contribution is -0.385. The van der Waals surface area contributed by atoms with Crippen molar-refractivity contribution in [3.63, 3.8) is 0 Å². The maximum Gasteiger partial charge on any atom is 0.273 e. The smallest absolute Gasteiger partial charge is 0.273 e. The van der Waals surface area contributed by atoms with Crippen molar-refractivity contribution in [1.29, 1.82) is 0 Å². The van der Waals surface area contributed by atoms with Crippen molar-refractivity contribution in [2.45, 2.75) is 30.8 Å². The lowest BCUT2D eigenvalue weighted by atomic mass is 10.0. The van der Waals surface area contributed by atoms with Crippen LogP contribution in [0.3, 0.4) is 0 Å². The molecular formula is C33H32ClFN4O7S. The van der Waals surface area contributed by atoms with Gasteiger partial charge in [-0.15, -0.1) is 0 Å². The molecule has 0 aliphatic heterocycles. The standard InChI is InChI=1S/C33H32ClFN4O7S/c1-22-13-15-26(19-28(22)39(42)43)47(44,45)38(29-18-25(34)14-16-31(29)46-3)21-32(40)37(20-24-11-7-8-12-27(24)35)30(33(41)36-2)17-23-9-5-4-6-10-23/h4-16,18-19,30H,17,20-21H2,1-3H3,(H,36,41). The van der Waals surface area contributed by atoms with Crippen LogP contribution in [0.5, 0.6) is 5.75 Å². The normalized spacial score (nSPS) is 11.8. The summed E-state index contributed by atoms with van der Waals surface area (Å²) in [6, 6.07) is 20.9. The number of carbonyl (C=O) groups excluding carboxylic acids is 2. The first-order chi connectivity index (χ1) is 22.4. The summed E-state index contributed by atoms with van der Waals surface area (Å²) in [5.74, 6) is -2.04. The van der Waals surface area contributed by atoms with Gasteiger partial charge in [-0.2, -0.15) is 0 Å². The van der Waals surface area contributed by atoms with Crippen LogP contribution in [0.4, 0.5) is 15.8 Å². The number of likely N-dealkylation sites (N-methyl/N-ethyl adjacent to an activating group) is 1. The van der Waals surface area contributed by atoms with Gasteiger partial charge in [0.15, 0.2) is 0 Å². The van der Waals surface area contributed by atoms with E-state index in [-0.39, 0.29) is 40.6 Å². The van der Waals surface area contributed by atoms with Crippen molar-refractivity contribution in [1.82, 2.24) is 10.2 Å². The molecule has 0 bridgehead atoms. The fourth-order valence-corrected chi connectivity index (χ4v) is 6.58. The molecule has 4 rings (SSSR count). The van der Waals surface area contributed by atoms with E-state index in [1.807, 2.05) is 0 Å². The molecule has 0 heterocycles. The molecule has 0 aliphatic carbocycles. The number of carbonyl (C=O) groups is 2. The lowest BCUT2D eigenvalue weighted by Gasteiger charge is -2.34. The average molecular weight is 683 g/mol. The van der Waals surface area contributed by atoms with Crippen LogP contribution in [0.2, 0.25) is 5.02 Å². The van der Waals surface area contributed by atoms with Crippen LogP contribution < -0.4 is 14.4 Å². The number of sulfonamides is 1. The molecule has 0 saturated carbocycles. The molecule has 0 radical (unpaired) electrons. The highest BCUT2D eigenvalue weighted by atomic mass is 35.5. The minimum absolute atomic E-state index is 0.0259. The molecule has 47 heavy (non-hydrogen) atoms. The number of nitro groups is 1. The van der Waals surface area contributed by atoms with E-state index in [4.69, 9.17) is 16.3 Å². The SMILES string of the molecule is CNC(=O)C(Cc1ccccc1)N(Cc1ccccc1F)C(=O)CN(c1cc(Cl)ccc1OC)S(=O)(=O)c1ccc(C)c([N+](=O)[O-])c1. The number of hydrogen-bond acceptors (Lipinski definition) is 7. The first-order valence-electron chi connectivity index (χ1n) is 14.3. The Kier molecular flexibility index (Phi) is 11.2. The fraction of sp³-hybridized carbons (Fsp3) is 0.212. The summed E-state index contributed by atoms with van der Waals surface area (Å²) in [4.78, 5) is 39.4.